The summed E-state index contributed by atoms with van der Waals surface area (Å²) in [5.74, 6) is 0.00855. The number of rotatable bonds is 8. The molecule has 0 saturated heterocycles. The van der Waals surface area contributed by atoms with Gasteiger partial charge in [-0.2, -0.15) is 0 Å². The van der Waals surface area contributed by atoms with Crippen molar-refractivity contribution in [1.82, 2.24) is 14.4 Å². The average Bonchev–Trinajstić information content (AvgIpc) is 3.48. The van der Waals surface area contributed by atoms with Crippen LogP contribution in [-0.2, 0) is 18.4 Å². The highest BCUT2D eigenvalue weighted by atomic mass is 16.2. The predicted molar refractivity (Wildman–Crippen MR) is 120 cm³/mol. The fraction of sp³-hybridized carbons (Fsp3) is 0.500. The first kappa shape index (κ1) is 21.9. The Morgan fingerprint density at radius 2 is 1.93 bits per heavy atom. The van der Waals surface area contributed by atoms with E-state index in [2.05, 4.69) is 5.32 Å². The van der Waals surface area contributed by atoms with E-state index in [4.69, 9.17) is 0 Å². The molecule has 162 valence electrons. The van der Waals surface area contributed by atoms with Crippen LogP contribution in [0.2, 0.25) is 0 Å². The lowest BCUT2D eigenvalue weighted by molar-refractivity contribution is -0.133. The highest BCUT2D eigenvalue weighted by molar-refractivity contribution is 5.92. The molecular weight excluding hydrogens is 376 g/mol. The molecule has 0 aliphatic heterocycles. The van der Waals surface area contributed by atoms with Crippen molar-refractivity contribution in [2.75, 3.05) is 11.9 Å². The molecule has 0 radical (unpaired) electrons. The van der Waals surface area contributed by atoms with Crippen LogP contribution >= 0.6 is 0 Å². The Kier molecular flexibility index (Phi) is 6.85. The quantitative estimate of drug-likeness (QED) is 0.698. The summed E-state index contributed by atoms with van der Waals surface area (Å²) in [6.45, 7) is 8.77. The summed E-state index contributed by atoms with van der Waals surface area (Å²) in [6.07, 6.45) is 4.85. The third kappa shape index (κ3) is 5.23. The Labute approximate surface area is 179 Å². The first-order valence-corrected chi connectivity index (χ1v) is 10.8. The van der Waals surface area contributed by atoms with Crippen LogP contribution in [0.5, 0.6) is 0 Å². The van der Waals surface area contributed by atoms with Gasteiger partial charge in [0.1, 0.15) is 6.54 Å². The molecule has 1 atom stereocenters. The molecule has 1 aromatic heterocycles. The largest absolute Gasteiger partial charge is 0.353 e. The van der Waals surface area contributed by atoms with Crippen LogP contribution in [0.15, 0.2) is 36.5 Å². The molecular formula is C24H34N4O2. The van der Waals surface area contributed by atoms with Crippen molar-refractivity contribution in [3.05, 3.63) is 53.3 Å². The Morgan fingerprint density at radius 3 is 2.50 bits per heavy atom. The third-order valence-corrected chi connectivity index (χ3v) is 6.14. The number of amides is 3. The zero-order valence-electron chi connectivity index (χ0n) is 18.8. The maximum Gasteiger partial charge on any atom is 0.322 e. The van der Waals surface area contributed by atoms with E-state index in [1.165, 1.54) is 5.56 Å². The summed E-state index contributed by atoms with van der Waals surface area (Å²) in [4.78, 5) is 29.9. The van der Waals surface area contributed by atoms with Crippen molar-refractivity contribution in [3.8, 4) is 0 Å². The molecule has 0 spiro atoms. The number of carbonyl (C=O) groups excluding carboxylic acids is 2. The monoisotopic (exact) mass is 410 g/mol. The lowest BCUT2D eigenvalue weighted by atomic mass is 10.1. The highest BCUT2D eigenvalue weighted by Crippen LogP contribution is 2.29. The number of nitrogens with one attached hydrogen (secondary N) is 1. The molecule has 6 nitrogen and oxygen atoms in total. The van der Waals surface area contributed by atoms with E-state index in [9.17, 15) is 9.59 Å². The summed E-state index contributed by atoms with van der Waals surface area (Å²) in [6, 6.07) is 9.94. The van der Waals surface area contributed by atoms with Crippen molar-refractivity contribution < 1.29 is 9.59 Å². The molecule has 3 rings (SSSR count). The maximum atomic E-state index is 13.2. The Bertz CT molecular complexity index is 900. The van der Waals surface area contributed by atoms with E-state index >= 15 is 0 Å². The molecule has 1 N–H and O–H groups in total. The Morgan fingerprint density at radius 1 is 1.20 bits per heavy atom. The van der Waals surface area contributed by atoms with E-state index in [1.807, 2.05) is 80.7 Å². The van der Waals surface area contributed by atoms with Crippen molar-refractivity contribution in [2.24, 2.45) is 7.05 Å². The van der Waals surface area contributed by atoms with Gasteiger partial charge in [-0.3, -0.25) is 4.79 Å². The summed E-state index contributed by atoms with van der Waals surface area (Å²) in [7, 11) is 1.99. The molecule has 1 aliphatic carbocycles. The third-order valence-electron chi connectivity index (χ3n) is 6.14. The van der Waals surface area contributed by atoms with Crippen molar-refractivity contribution in [2.45, 2.75) is 65.6 Å². The summed E-state index contributed by atoms with van der Waals surface area (Å²) < 4.78 is 2.04. The average molecular weight is 411 g/mol. The van der Waals surface area contributed by atoms with Crippen LogP contribution in [0.4, 0.5) is 10.5 Å². The highest BCUT2D eigenvalue weighted by Gasteiger charge is 2.34. The number of hydrogen-bond donors (Lipinski definition) is 1. The molecule has 1 aliphatic rings. The molecule has 1 saturated carbocycles. The van der Waals surface area contributed by atoms with Crippen LogP contribution < -0.4 is 5.32 Å². The van der Waals surface area contributed by atoms with Gasteiger partial charge in [0.05, 0.1) is 6.54 Å². The molecule has 3 amide bonds. The Hall–Kier alpha value is -2.76. The molecule has 0 bridgehead atoms. The van der Waals surface area contributed by atoms with Crippen molar-refractivity contribution in [1.29, 1.82) is 0 Å². The van der Waals surface area contributed by atoms with Gasteiger partial charge in [0.25, 0.3) is 0 Å². The topological polar surface area (TPSA) is 57.6 Å². The van der Waals surface area contributed by atoms with Gasteiger partial charge in [0, 0.05) is 36.7 Å². The lowest BCUT2D eigenvalue weighted by Crippen LogP contribution is -2.48. The molecule has 30 heavy (non-hydrogen) atoms. The van der Waals surface area contributed by atoms with Gasteiger partial charge in [-0.25, -0.2) is 4.79 Å². The van der Waals surface area contributed by atoms with E-state index in [1.54, 1.807) is 4.90 Å². The number of urea groups is 1. The standard InChI is InChI=1S/C24H34N4O2/c1-6-19(4)27(24(30)25-20-10-9-17(2)18(3)14-20)16-23(29)28(21-11-12-21)15-22-8-7-13-26(22)5/h7-10,13-14,19,21H,6,11-12,15-16H2,1-5H3,(H,25,30). The van der Waals surface area contributed by atoms with Crippen LogP contribution in [0.3, 0.4) is 0 Å². The normalized spacial score (nSPS) is 14.3. The van der Waals surface area contributed by atoms with Crippen LogP contribution in [0, 0.1) is 13.8 Å². The van der Waals surface area contributed by atoms with Crippen molar-refractivity contribution >= 4 is 17.6 Å². The number of aryl methyl sites for hydroxylation is 3. The number of carbonyl (C=O) groups is 2. The molecule has 1 aromatic carbocycles. The Balaban J connectivity index is 1.72. The smallest absolute Gasteiger partial charge is 0.322 e. The van der Waals surface area contributed by atoms with Crippen molar-refractivity contribution in [3.63, 3.8) is 0 Å². The fourth-order valence-corrected chi connectivity index (χ4v) is 3.54. The second-order valence-electron chi connectivity index (χ2n) is 8.48. The summed E-state index contributed by atoms with van der Waals surface area (Å²) >= 11 is 0. The van der Waals surface area contributed by atoms with Gasteiger partial charge in [-0.05, 0) is 75.4 Å². The SMILES string of the molecule is CCC(C)N(CC(=O)N(Cc1cccn1C)C1CC1)C(=O)Nc1ccc(C)c(C)c1. The second kappa shape index (κ2) is 9.37. The predicted octanol–water partition coefficient (Wildman–Crippen LogP) is 4.47. The minimum Gasteiger partial charge on any atom is -0.353 e. The minimum atomic E-state index is -0.226. The number of hydrogen-bond acceptors (Lipinski definition) is 2. The number of anilines is 1. The molecule has 1 heterocycles. The zero-order valence-corrected chi connectivity index (χ0v) is 18.8. The van der Waals surface area contributed by atoms with Gasteiger partial charge in [-0.1, -0.05) is 13.0 Å². The minimum absolute atomic E-state index is 0.00855. The van der Waals surface area contributed by atoms with Gasteiger partial charge in [-0.15, -0.1) is 0 Å². The lowest BCUT2D eigenvalue weighted by Gasteiger charge is -2.31. The van der Waals surface area contributed by atoms with Gasteiger partial charge in [0.15, 0.2) is 0 Å². The molecule has 6 heteroatoms. The number of benzene rings is 1. The van der Waals surface area contributed by atoms with Gasteiger partial charge in [0.2, 0.25) is 5.91 Å². The number of aromatic nitrogens is 1. The van der Waals surface area contributed by atoms with E-state index in [-0.39, 0.29) is 30.6 Å². The van der Waals surface area contributed by atoms with Gasteiger partial charge >= 0.3 is 6.03 Å². The van der Waals surface area contributed by atoms with E-state index in [0.717, 1.165) is 36.2 Å². The fourth-order valence-electron chi connectivity index (χ4n) is 3.54. The van der Waals surface area contributed by atoms with E-state index < -0.39 is 0 Å². The maximum absolute atomic E-state index is 13.2. The van der Waals surface area contributed by atoms with Crippen LogP contribution in [0.1, 0.15) is 49.9 Å². The van der Waals surface area contributed by atoms with Gasteiger partial charge < -0.3 is 19.7 Å². The number of nitrogens with zero attached hydrogens (tertiary/aromatic N) is 3. The molecule has 2 aromatic rings. The zero-order chi connectivity index (χ0) is 21.8. The van der Waals surface area contributed by atoms with Crippen LogP contribution in [0.25, 0.3) is 0 Å². The first-order valence-electron chi connectivity index (χ1n) is 10.8. The van der Waals surface area contributed by atoms with E-state index in [0.29, 0.717) is 6.54 Å². The summed E-state index contributed by atoms with van der Waals surface area (Å²) in [5.41, 5.74) is 4.17. The summed E-state index contributed by atoms with van der Waals surface area (Å²) in [5, 5.41) is 2.98. The second-order valence-corrected chi connectivity index (χ2v) is 8.48. The first-order chi connectivity index (χ1) is 14.3. The molecule has 1 unspecified atom stereocenters. The van der Waals surface area contributed by atoms with Crippen LogP contribution in [-0.4, -0.2) is 44.9 Å². The molecule has 1 fully saturated rings.